The largest absolute Gasteiger partial charge is 0.338 e. The molecule has 0 bridgehead atoms. The molecule has 1 aliphatic rings. The number of unbranched alkanes of at least 4 members (excludes halogenated alkanes) is 1. The van der Waals surface area contributed by atoms with Crippen LogP contribution in [-0.2, 0) is 4.79 Å². The lowest BCUT2D eigenvalue weighted by Crippen LogP contribution is -2.51. The molecule has 0 atom stereocenters. The summed E-state index contributed by atoms with van der Waals surface area (Å²) in [5.74, 6) is 1.86. The summed E-state index contributed by atoms with van der Waals surface area (Å²) in [6.45, 7) is 4.63. The fourth-order valence-corrected chi connectivity index (χ4v) is 4.23. The summed E-state index contributed by atoms with van der Waals surface area (Å²) in [5.41, 5.74) is 0.748. The van der Waals surface area contributed by atoms with Crippen molar-refractivity contribution in [1.82, 2.24) is 9.80 Å². The van der Waals surface area contributed by atoms with Gasteiger partial charge in [-0.25, -0.2) is 0 Å². The van der Waals surface area contributed by atoms with E-state index >= 15 is 0 Å². The third kappa shape index (κ3) is 4.39. The van der Waals surface area contributed by atoms with E-state index in [-0.39, 0.29) is 11.8 Å². The standard InChI is InChI=1S/C21H26N2O2S/c1-2-3-15-26-16-20(24)22-11-13-23(14-12-22)21(25)19-10-6-8-17-7-4-5-9-18(17)19/h4-10H,2-3,11-16H2,1H3. The van der Waals surface area contributed by atoms with Gasteiger partial charge in [0.1, 0.15) is 0 Å². The first-order chi connectivity index (χ1) is 12.7. The molecule has 0 unspecified atom stereocenters. The quantitative estimate of drug-likeness (QED) is 0.729. The fraction of sp³-hybridized carbons (Fsp3) is 0.429. The number of benzene rings is 2. The highest BCUT2D eigenvalue weighted by molar-refractivity contribution is 7.99. The number of amides is 2. The minimum Gasteiger partial charge on any atom is -0.338 e. The lowest BCUT2D eigenvalue weighted by atomic mass is 10.0. The molecule has 0 saturated carbocycles. The second kappa shape index (κ2) is 9.08. The molecule has 2 aromatic carbocycles. The average Bonchev–Trinajstić information content (AvgIpc) is 2.70. The topological polar surface area (TPSA) is 40.6 Å². The molecule has 3 rings (SSSR count). The molecule has 1 aliphatic heterocycles. The van der Waals surface area contributed by atoms with Gasteiger partial charge in [0.05, 0.1) is 5.75 Å². The Labute approximate surface area is 159 Å². The molecule has 5 heteroatoms. The van der Waals surface area contributed by atoms with Crippen molar-refractivity contribution in [1.29, 1.82) is 0 Å². The zero-order valence-electron chi connectivity index (χ0n) is 15.3. The first kappa shape index (κ1) is 18.8. The molecular weight excluding hydrogens is 344 g/mol. The van der Waals surface area contributed by atoms with Gasteiger partial charge in [-0.3, -0.25) is 9.59 Å². The summed E-state index contributed by atoms with van der Waals surface area (Å²) in [4.78, 5) is 29.0. The number of nitrogens with zero attached hydrogens (tertiary/aromatic N) is 2. The van der Waals surface area contributed by atoms with E-state index in [1.807, 2.05) is 52.3 Å². The van der Waals surface area contributed by atoms with Crippen LogP contribution in [0.4, 0.5) is 0 Å². The molecule has 0 radical (unpaired) electrons. The number of carbonyl (C=O) groups is 2. The van der Waals surface area contributed by atoms with Crippen LogP contribution in [0.2, 0.25) is 0 Å². The van der Waals surface area contributed by atoms with Crippen LogP contribution in [0.3, 0.4) is 0 Å². The van der Waals surface area contributed by atoms with Crippen molar-refractivity contribution < 1.29 is 9.59 Å². The van der Waals surface area contributed by atoms with Gasteiger partial charge < -0.3 is 9.80 Å². The molecule has 2 amide bonds. The summed E-state index contributed by atoms with van der Waals surface area (Å²) in [7, 11) is 0. The maximum absolute atomic E-state index is 13.0. The fourth-order valence-electron chi connectivity index (χ4n) is 3.24. The third-order valence-electron chi connectivity index (χ3n) is 4.81. The monoisotopic (exact) mass is 370 g/mol. The normalized spacial score (nSPS) is 14.7. The van der Waals surface area contributed by atoms with E-state index in [4.69, 9.17) is 0 Å². The Kier molecular flexibility index (Phi) is 6.56. The summed E-state index contributed by atoms with van der Waals surface area (Å²) in [5, 5.41) is 2.07. The smallest absolute Gasteiger partial charge is 0.254 e. The van der Waals surface area contributed by atoms with Crippen molar-refractivity contribution in [3.63, 3.8) is 0 Å². The Morgan fingerprint density at radius 1 is 0.962 bits per heavy atom. The highest BCUT2D eigenvalue weighted by Gasteiger charge is 2.25. The Hall–Kier alpha value is -2.01. The maximum atomic E-state index is 13.0. The summed E-state index contributed by atoms with van der Waals surface area (Å²) in [6, 6.07) is 13.8. The molecule has 4 nitrogen and oxygen atoms in total. The molecule has 2 aromatic rings. The van der Waals surface area contributed by atoms with Gasteiger partial charge >= 0.3 is 0 Å². The molecule has 1 fully saturated rings. The summed E-state index contributed by atoms with van der Waals surface area (Å²) in [6.07, 6.45) is 2.32. The molecule has 0 aromatic heterocycles. The minimum absolute atomic E-state index is 0.0613. The van der Waals surface area contributed by atoms with Gasteiger partial charge in [-0.1, -0.05) is 49.7 Å². The molecule has 26 heavy (non-hydrogen) atoms. The van der Waals surface area contributed by atoms with Crippen LogP contribution < -0.4 is 0 Å². The van der Waals surface area contributed by atoms with Crippen molar-refractivity contribution in [2.24, 2.45) is 0 Å². The Bertz CT molecular complexity index is 764. The van der Waals surface area contributed by atoms with Crippen LogP contribution in [0, 0.1) is 0 Å². The van der Waals surface area contributed by atoms with Gasteiger partial charge in [0, 0.05) is 31.7 Å². The number of rotatable bonds is 6. The maximum Gasteiger partial charge on any atom is 0.254 e. The van der Waals surface area contributed by atoms with Crippen molar-refractivity contribution in [3.05, 3.63) is 48.0 Å². The zero-order chi connectivity index (χ0) is 18.4. The number of hydrogen-bond donors (Lipinski definition) is 0. The number of thioether (sulfide) groups is 1. The molecule has 1 saturated heterocycles. The van der Waals surface area contributed by atoms with E-state index in [0.29, 0.717) is 31.9 Å². The van der Waals surface area contributed by atoms with Gasteiger partial charge in [0.25, 0.3) is 5.91 Å². The van der Waals surface area contributed by atoms with Gasteiger partial charge in [0.2, 0.25) is 5.91 Å². The predicted molar refractivity (Wildman–Crippen MR) is 109 cm³/mol. The number of hydrogen-bond acceptors (Lipinski definition) is 3. The summed E-state index contributed by atoms with van der Waals surface area (Å²) >= 11 is 1.71. The highest BCUT2D eigenvalue weighted by atomic mass is 32.2. The Morgan fingerprint density at radius 2 is 1.65 bits per heavy atom. The van der Waals surface area contributed by atoms with E-state index in [9.17, 15) is 9.59 Å². The first-order valence-electron chi connectivity index (χ1n) is 9.33. The van der Waals surface area contributed by atoms with Crippen LogP contribution in [0.5, 0.6) is 0 Å². The highest BCUT2D eigenvalue weighted by Crippen LogP contribution is 2.21. The van der Waals surface area contributed by atoms with E-state index in [0.717, 1.165) is 34.9 Å². The third-order valence-corrected chi connectivity index (χ3v) is 5.84. The van der Waals surface area contributed by atoms with Crippen LogP contribution in [0.25, 0.3) is 10.8 Å². The lowest BCUT2D eigenvalue weighted by Gasteiger charge is -2.35. The number of fused-ring (bicyclic) bond motifs is 1. The Morgan fingerprint density at radius 3 is 2.42 bits per heavy atom. The number of piperazine rings is 1. The minimum atomic E-state index is 0.0613. The SMILES string of the molecule is CCCCSCC(=O)N1CCN(C(=O)c2cccc3ccccc23)CC1. The molecule has 1 heterocycles. The van der Waals surface area contributed by atoms with Crippen LogP contribution in [-0.4, -0.2) is 59.3 Å². The lowest BCUT2D eigenvalue weighted by molar-refractivity contribution is -0.129. The van der Waals surface area contributed by atoms with E-state index in [2.05, 4.69) is 6.92 Å². The van der Waals surface area contributed by atoms with Gasteiger partial charge in [-0.2, -0.15) is 11.8 Å². The predicted octanol–water partition coefficient (Wildman–Crippen LogP) is 3.66. The second-order valence-electron chi connectivity index (χ2n) is 6.61. The molecule has 0 aliphatic carbocycles. The molecule has 0 N–H and O–H groups in total. The van der Waals surface area contributed by atoms with Crippen molar-refractivity contribution in [2.75, 3.05) is 37.7 Å². The zero-order valence-corrected chi connectivity index (χ0v) is 16.1. The van der Waals surface area contributed by atoms with Crippen LogP contribution in [0.15, 0.2) is 42.5 Å². The van der Waals surface area contributed by atoms with E-state index in [1.54, 1.807) is 11.8 Å². The summed E-state index contributed by atoms with van der Waals surface area (Å²) < 4.78 is 0. The second-order valence-corrected chi connectivity index (χ2v) is 7.71. The van der Waals surface area contributed by atoms with Crippen LogP contribution in [0.1, 0.15) is 30.1 Å². The molecule has 0 spiro atoms. The van der Waals surface area contributed by atoms with E-state index in [1.165, 1.54) is 0 Å². The molecular formula is C21H26N2O2S. The first-order valence-corrected chi connectivity index (χ1v) is 10.5. The van der Waals surface area contributed by atoms with Crippen molar-refractivity contribution in [2.45, 2.75) is 19.8 Å². The number of carbonyl (C=O) groups excluding carboxylic acids is 2. The van der Waals surface area contributed by atoms with Crippen molar-refractivity contribution in [3.8, 4) is 0 Å². The van der Waals surface area contributed by atoms with Gasteiger partial charge in [-0.05, 0) is 29.0 Å². The van der Waals surface area contributed by atoms with Crippen molar-refractivity contribution >= 4 is 34.3 Å². The van der Waals surface area contributed by atoms with Gasteiger partial charge in [-0.15, -0.1) is 0 Å². The average molecular weight is 371 g/mol. The Balaban J connectivity index is 1.57. The molecule has 138 valence electrons. The van der Waals surface area contributed by atoms with Gasteiger partial charge in [0.15, 0.2) is 0 Å². The van der Waals surface area contributed by atoms with Crippen LogP contribution >= 0.6 is 11.8 Å². The van der Waals surface area contributed by atoms with E-state index < -0.39 is 0 Å².